The Bertz CT molecular complexity index is 796. The van der Waals surface area contributed by atoms with E-state index in [1.165, 1.54) is 0 Å². The van der Waals surface area contributed by atoms with E-state index < -0.39 is 0 Å². The van der Waals surface area contributed by atoms with Gasteiger partial charge in [-0.05, 0) is 62.4 Å². The Morgan fingerprint density at radius 2 is 1.92 bits per heavy atom. The average molecular weight is 340 g/mol. The summed E-state index contributed by atoms with van der Waals surface area (Å²) >= 11 is 0. The van der Waals surface area contributed by atoms with Crippen molar-refractivity contribution in [2.45, 2.75) is 39.7 Å². The van der Waals surface area contributed by atoms with Crippen LogP contribution in [0, 0.1) is 20.8 Å². The summed E-state index contributed by atoms with van der Waals surface area (Å²) in [6.07, 6.45) is 1.77. The lowest BCUT2D eigenvalue weighted by Gasteiger charge is -2.30. The minimum atomic E-state index is -0.257. The molecule has 1 fully saturated rings. The molecule has 0 aliphatic carbocycles. The topological polar surface area (TPSA) is 78.4 Å². The number of carbonyl (C=O) groups excluding carboxylic acids is 1. The van der Waals surface area contributed by atoms with Gasteiger partial charge in [0.1, 0.15) is 11.8 Å². The molecule has 0 spiro atoms. The molecule has 0 unspecified atom stereocenters. The maximum absolute atomic E-state index is 12.2. The molecule has 132 valence electrons. The van der Waals surface area contributed by atoms with Crippen molar-refractivity contribution >= 4 is 11.7 Å². The number of nitrogens with one attached hydrogen (secondary N) is 1. The fourth-order valence-electron chi connectivity index (χ4n) is 3.36. The Labute approximate surface area is 147 Å². The second kappa shape index (κ2) is 6.70. The third-order valence-electron chi connectivity index (χ3n) is 4.67. The molecular formula is C19H24N4O2. The molecule has 0 radical (unpaired) electrons. The number of aromatic hydroxyl groups is 1. The molecule has 3 rings (SSSR count). The van der Waals surface area contributed by atoms with Crippen LogP contribution >= 0.6 is 0 Å². The monoisotopic (exact) mass is 340 g/mol. The maximum atomic E-state index is 12.2. The van der Waals surface area contributed by atoms with Gasteiger partial charge in [-0.2, -0.15) is 0 Å². The molecule has 0 bridgehead atoms. The van der Waals surface area contributed by atoms with Crippen LogP contribution in [0.25, 0.3) is 11.3 Å². The molecule has 1 amide bonds. The Kier molecular flexibility index (Phi) is 4.61. The molecule has 1 aliphatic rings. The zero-order valence-corrected chi connectivity index (χ0v) is 15.1. The van der Waals surface area contributed by atoms with Gasteiger partial charge < -0.3 is 15.3 Å². The van der Waals surface area contributed by atoms with Crippen LogP contribution in [-0.2, 0) is 4.79 Å². The van der Waals surface area contributed by atoms with E-state index in [0.29, 0.717) is 17.1 Å². The first kappa shape index (κ1) is 17.2. The quantitative estimate of drug-likeness (QED) is 0.898. The Morgan fingerprint density at radius 3 is 2.60 bits per heavy atom. The second-order valence-electron chi connectivity index (χ2n) is 6.84. The summed E-state index contributed by atoms with van der Waals surface area (Å²) in [5.74, 6) is 0.904. The molecule has 25 heavy (non-hydrogen) atoms. The van der Waals surface area contributed by atoms with E-state index in [0.717, 1.165) is 36.1 Å². The summed E-state index contributed by atoms with van der Waals surface area (Å²) in [6, 6.07) is 5.37. The lowest BCUT2D eigenvalue weighted by molar-refractivity contribution is -0.132. The molecule has 1 aromatic carbocycles. The number of aromatic nitrogens is 2. The Morgan fingerprint density at radius 1 is 1.16 bits per heavy atom. The maximum Gasteiger partial charge on any atom is 0.244 e. The lowest BCUT2D eigenvalue weighted by atomic mass is 10.0. The summed E-state index contributed by atoms with van der Waals surface area (Å²) in [5.41, 5.74) is 4.18. The number of aryl methyl sites for hydroxylation is 3. The van der Waals surface area contributed by atoms with Gasteiger partial charge in [0.2, 0.25) is 5.91 Å². The van der Waals surface area contributed by atoms with Crippen LogP contribution in [0.1, 0.15) is 29.5 Å². The first-order valence-corrected chi connectivity index (χ1v) is 8.53. The number of nitrogens with zero attached hydrogens (tertiary/aromatic N) is 3. The fraction of sp³-hybridized carbons (Fsp3) is 0.421. The smallest absolute Gasteiger partial charge is 0.244 e. The molecule has 6 nitrogen and oxygen atoms in total. The predicted octanol–water partition coefficient (Wildman–Crippen LogP) is 2.81. The van der Waals surface area contributed by atoms with Crippen molar-refractivity contribution in [3.05, 3.63) is 34.9 Å². The Balaban J connectivity index is 1.88. The van der Waals surface area contributed by atoms with E-state index in [4.69, 9.17) is 0 Å². The van der Waals surface area contributed by atoms with Crippen LogP contribution in [0.4, 0.5) is 5.82 Å². The van der Waals surface area contributed by atoms with Crippen molar-refractivity contribution in [3.8, 4) is 17.0 Å². The number of hydrogen-bond acceptors (Lipinski definition) is 5. The minimum Gasteiger partial charge on any atom is -0.507 e. The van der Waals surface area contributed by atoms with Crippen LogP contribution in [0.15, 0.2) is 18.2 Å². The molecule has 0 saturated carbocycles. The summed E-state index contributed by atoms with van der Waals surface area (Å²) in [6.45, 7) is 6.62. The van der Waals surface area contributed by atoms with Gasteiger partial charge in [-0.15, -0.1) is 10.2 Å². The third-order valence-corrected chi connectivity index (χ3v) is 4.67. The molecule has 2 N–H and O–H groups in total. The average Bonchev–Trinajstić information content (AvgIpc) is 2.53. The number of phenols is 1. The molecule has 1 aliphatic heterocycles. The van der Waals surface area contributed by atoms with Gasteiger partial charge in [0.15, 0.2) is 5.82 Å². The van der Waals surface area contributed by atoms with E-state index in [2.05, 4.69) is 15.5 Å². The number of likely N-dealkylation sites (N-methyl/N-ethyl adjacent to an activating group) is 1. The highest BCUT2D eigenvalue weighted by molar-refractivity contribution is 5.85. The number of anilines is 1. The standard InChI is InChI=1S/C19H24N4O2/c1-11-8-12(2)17(16(24)9-11)15-10-13(3)18(22-21-15)20-14-6-5-7-23(4)19(14)25/h8-10,14,24H,5-7H2,1-4H3,(H,20,22)/t14-/m1/s1. The highest BCUT2D eigenvalue weighted by Crippen LogP contribution is 2.33. The minimum absolute atomic E-state index is 0.0866. The van der Waals surface area contributed by atoms with Crippen LogP contribution in [0.5, 0.6) is 5.75 Å². The van der Waals surface area contributed by atoms with Crippen molar-refractivity contribution in [1.82, 2.24) is 15.1 Å². The van der Waals surface area contributed by atoms with Crippen LogP contribution in [0.2, 0.25) is 0 Å². The number of phenolic OH excluding ortho intramolecular Hbond substituents is 1. The summed E-state index contributed by atoms with van der Waals surface area (Å²) in [5, 5.41) is 22.0. The van der Waals surface area contributed by atoms with E-state index in [-0.39, 0.29) is 17.7 Å². The Hall–Kier alpha value is -2.63. The van der Waals surface area contributed by atoms with E-state index in [9.17, 15) is 9.90 Å². The van der Waals surface area contributed by atoms with E-state index in [1.54, 1.807) is 11.0 Å². The number of piperidine rings is 1. The third kappa shape index (κ3) is 3.43. The first-order chi connectivity index (χ1) is 11.9. The van der Waals surface area contributed by atoms with Gasteiger partial charge in [0.05, 0.1) is 5.69 Å². The number of amides is 1. The van der Waals surface area contributed by atoms with E-state index in [1.807, 2.05) is 40.0 Å². The number of hydrogen-bond donors (Lipinski definition) is 2. The molecule has 1 saturated heterocycles. The van der Waals surface area contributed by atoms with Gasteiger partial charge in [0, 0.05) is 19.2 Å². The zero-order chi connectivity index (χ0) is 18.1. The largest absolute Gasteiger partial charge is 0.507 e. The van der Waals surface area contributed by atoms with Gasteiger partial charge in [-0.3, -0.25) is 4.79 Å². The van der Waals surface area contributed by atoms with Gasteiger partial charge >= 0.3 is 0 Å². The predicted molar refractivity (Wildman–Crippen MR) is 97.6 cm³/mol. The SMILES string of the molecule is Cc1cc(C)c(-c2cc(C)c(N[C@@H]3CCCN(C)C3=O)nn2)c(O)c1. The van der Waals surface area contributed by atoms with Crippen LogP contribution < -0.4 is 5.32 Å². The highest BCUT2D eigenvalue weighted by atomic mass is 16.3. The van der Waals surface area contributed by atoms with Gasteiger partial charge in [-0.25, -0.2) is 0 Å². The van der Waals surface area contributed by atoms with Crippen molar-refractivity contribution in [2.75, 3.05) is 18.9 Å². The molecule has 6 heteroatoms. The highest BCUT2D eigenvalue weighted by Gasteiger charge is 2.27. The molecule has 2 aromatic rings. The van der Waals surface area contributed by atoms with Crippen molar-refractivity contribution in [3.63, 3.8) is 0 Å². The number of rotatable bonds is 3. The van der Waals surface area contributed by atoms with Crippen molar-refractivity contribution < 1.29 is 9.90 Å². The first-order valence-electron chi connectivity index (χ1n) is 8.53. The fourth-order valence-corrected chi connectivity index (χ4v) is 3.36. The molecule has 1 aromatic heterocycles. The van der Waals surface area contributed by atoms with Gasteiger partial charge in [0.25, 0.3) is 0 Å². The zero-order valence-electron chi connectivity index (χ0n) is 15.1. The number of benzene rings is 1. The van der Waals surface area contributed by atoms with Crippen LogP contribution in [-0.4, -0.2) is 45.7 Å². The van der Waals surface area contributed by atoms with Crippen molar-refractivity contribution in [1.29, 1.82) is 0 Å². The van der Waals surface area contributed by atoms with Crippen molar-refractivity contribution in [2.24, 2.45) is 0 Å². The summed E-state index contributed by atoms with van der Waals surface area (Å²) in [4.78, 5) is 14.0. The van der Waals surface area contributed by atoms with Gasteiger partial charge in [-0.1, -0.05) is 6.07 Å². The van der Waals surface area contributed by atoms with E-state index >= 15 is 0 Å². The second-order valence-corrected chi connectivity index (χ2v) is 6.84. The summed E-state index contributed by atoms with van der Waals surface area (Å²) in [7, 11) is 1.82. The summed E-state index contributed by atoms with van der Waals surface area (Å²) < 4.78 is 0. The number of carbonyl (C=O) groups is 1. The molecular weight excluding hydrogens is 316 g/mol. The lowest BCUT2D eigenvalue weighted by Crippen LogP contribution is -2.45. The normalized spacial score (nSPS) is 17.7. The number of likely N-dealkylation sites (tertiary alicyclic amines) is 1. The molecule has 2 heterocycles. The molecule has 1 atom stereocenters. The van der Waals surface area contributed by atoms with Crippen LogP contribution in [0.3, 0.4) is 0 Å².